The van der Waals surface area contributed by atoms with Crippen LogP contribution in [0.1, 0.15) is 21.5 Å². The van der Waals surface area contributed by atoms with E-state index >= 15 is 0 Å². The minimum Gasteiger partial charge on any atom is -0.456 e. The van der Waals surface area contributed by atoms with Crippen molar-refractivity contribution >= 4 is 28.3 Å². The van der Waals surface area contributed by atoms with E-state index in [2.05, 4.69) is 5.32 Å². The average Bonchev–Trinajstić information content (AvgIpc) is 3.59. The molecule has 1 spiro atoms. The first-order chi connectivity index (χ1) is 18.2. The highest BCUT2D eigenvalue weighted by Crippen LogP contribution is 2.58. The van der Waals surface area contributed by atoms with Crippen LogP contribution in [0.15, 0.2) is 108 Å². The number of fused-ring (bicyclic) bond motifs is 4. The molecule has 3 heterocycles. The molecule has 1 N–H and O–H groups in total. The molecule has 1 aliphatic carbocycles. The number of rotatable bonds is 2. The van der Waals surface area contributed by atoms with Gasteiger partial charge in [0.25, 0.3) is 0 Å². The van der Waals surface area contributed by atoms with Gasteiger partial charge in [-0.05, 0) is 28.5 Å². The van der Waals surface area contributed by atoms with Crippen LogP contribution in [-0.4, -0.2) is 28.1 Å². The molecule has 3 aliphatic rings. The Hall–Kier alpha value is -4.97. The summed E-state index contributed by atoms with van der Waals surface area (Å²) in [5.41, 5.74) is 4.03. The smallest absolute Gasteiger partial charge is 0.338 e. The lowest BCUT2D eigenvalue weighted by Crippen LogP contribution is -2.42. The summed E-state index contributed by atoms with van der Waals surface area (Å²) in [6, 6.07) is 31.3. The van der Waals surface area contributed by atoms with Crippen LogP contribution in [0.2, 0.25) is 0 Å². The molecule has 2 aliphatic heterocycles. The number of nitrogens with zero attached hydrogens (tertiary/aromatic N) is 2. The summed E-state index contributed by atoms with van der Waals surface area (Å²) in [5.74, 6) is 0.0660. The van der Waals surface area contributed by atoms with Crippen LogP contribution in [0.25, 0.3) is 27.7 Å². The highest BCUT2D eigenvalue weighted by atomic mass is 16.5. The number of cyclic esters (lactones) is 1. The normalized spacial score (nSPS) is 19.2. The monoisotopic (exact) mass is 481 g/mol. The molecular formula is C31H19N3O3. The number of carbonyl (C=O) groups excluding carboxylic acids is 2. The maximum atomic E-state index is 14.7. The number of anilines is 1. The van der Waals surface area contributed by atoms with Crippen LogP contribution in [0, 0.1) is 0 Å². The van der Waals surface area contributed by atoms with Gasteiger partial charge in [0.05, 0.1) is 22.7 Å². The predicted octanol–water partition coefficient (Wildman–Crippen LogP) is 5.41. The largest absolute Gasteiger partial charge is 0.456 e. The zero-order valence-electron chi connectivity index (χ0n) is 19.6. The Morgan fingerprint density at radius 1 is 0.838 bits per heavy atom. The fourth-order valence-electron chi connectivity index (χ4n) is 6.26. The molecule has 5 aromatic rings. The Balaban J connectivity index is 1.57. The lowest BCUT2D eigenvalue weighted by Gasteiger charge is -2.34. The number of para-hydroxylation sites is 1. The summed E-state index contributed by atoms with van der Waals surface area (Å²) in [5, 5.41) is 10.4. The molecule has 6 heteroatoms. The molecule has 1 aromatic heterocycles. The fourth-order valence-corrected chi connectivity index (χ4v) is 6.26. The second-order valence-corrected chi connectivity index (χ2v) is 9.53. The predicted molar refractivity (Wildman–Crippen MR) is 140 cm³/mol. The van der Waals surface area contributed by atoms with Crippen molar-refractivity contribution in [1.29, 1.82) is 0 Å². The van der Waals surface area contributed by atoms with E-state index in [0.717, 1.165) is 27.6 Å². The lowest BCUT2D eigenvalue weighted by molar-refractivity contribution is -0.136. The molecule has 176 valence electrons. The molecule has 0 saturated heterocycles. The molecule has 0 fully saturated rings. The molecule has 1 unspecified atom stereocenters. The van der Waals surface area contributed by atoms with Crippen LogP contribution in [0.4, 0.5) is 5.82 Å². The second kappa shape index (κ2) is 7.04. The molecule has 8 rings (SSSR count). The Morgan fingerprint density at radius 3 is 2.35 bits per heavy atom. The topological polar surface area (TPSA) is 73.2 Å². The zero-order chi connectivity index (χ0) is 24.7. The van der Waals surface area contributed by atoms with Crippen molar-refractivity contribution in [2.24, 2.45) is 0 Å². The van der Waals surface area contributed by atoms with Gasteiger partial charge in [-0.2, -0.15) is 5.10 Å². The van der Waals surface area contributed by atoms with Gasteiger partial charge in [-0.1, -0.05) is 84.9 Å². The van der Waals surface area contributed by atoms with E-state index in [1.807, 2.05) is 102 Å². The summed E-state index contributed by atoms with van der Waals surface area (Å²) < 4.78 is 7.40. The number of carbonyl (C=O) groups is 2. The van der Waals surface area contributed by atoms with Gasteiger partial charge in [0.1, 0.15) is 17.8 Å². The van der Waals surface area contributed by atoms with Crippen molar-refractivity contribution in [3.05, 3.63) is 125 Å². The number of ketones is 1. The Kier molecular flexibility index (Phi) is 3.85. The van der Waals surface area contributed by atoms with E-state index in [1.165, 1.54) is 0 Å². The standard InChI is InChI=1S/C31H19N3O3/c35-28-21-15-7-11-18-12-8-16-22(24(18)21)31(28)25-23(17-37-30(25)36)32-29-26(31)27(19-9-3-1-4-10-19)33-34(29)20-13-5-2-6-14-20/h1-16,32H,17H2. The molecule has 6 nitrogen and oxygen atoms in total. The molecule has 0 saturated carbocycles. The van der Waals surface area contributed by atoms with Gasteiger partial charge >= 0.3 is 5.97 Å². The molecule has 4 aromatic carbocycles. The first kappa shape index (κ1) is 20.2. The number of benzene rings is 4. The SMILES string of the molecule is O=C1OCC2=C1C1(C(=O)c3cccc4cccc1c34)c1c(-c3ccccc3)nn(-c3ccccc3)c1N2. The maximum Gasteiger partial charge on any atom is 0.338 e. The minimum absolute atomic E-state index is 0.0790. The third-order valence-electron chi connectivity index (χ3n) is 7.70. The third kappa shape index (κ3) is 2.42. The number of hydrogen-bond donors (Lipinski definition) is 1. The van der Waals surface area contributed by atoms with Crippen LogP contribution in [-0.2, 0) is 14.9 Å². The zero-order valence-corrected chi connectivity index (χ0v) is 19.6. The highest BCUT2D eigenvalue weighted by Gasteiger charge is 2.61. The molecule has 37 heavy (non-hydrogen) atoms. The molecule has 0 bridgehead atoms. The van der Waals surface area contributed by atoms with Crippen molar-refractivity contribution in [2.45, 2.75) is 5.41 Å². The van der Waals surface area contributed by atoms with Crippen molar-refractivity contribution in [2.75, 3.05) is 11.9 Å². The Morgan fingerprint density at radius 2 is 1.57 bits per heavy atom. The van der Waals surface area contributed by atoms with Crippen molar-refractivity contribution in [1.82, 2.24) is 9.78 Å². The van der Waals surface area contributed by atoms with E-state index < -0.39 is 11.4 Å². The number of nitrogens with one attached hydrogen (secondary N) is 1. The van der Waals surface area contributed by atoms with E-state index in [-0.39, 0.29) is 12.4 Å². The second-order valence-electron chi connectivity index (χ2n) is 9.53. The van der Waals surface area contributed by atoms with Gasteiger partial charge in [-0.3, -0.25) is 4.79 Å². The molecular weight excluding hydrogens is 462 g/mol. The first-order valence-electron chi connectivity index (χ1n) is 12.2. The number of ether oxygens (including phenoxy) is 1. The minimum atomic E-state index is -1.37. The number of Topliss-reactive ketones (excluding diaryl/α,β-unsaturated/α-hetero) is 1. The summed E-state index contributed by atoms with van der Waals surface area (Å²) in [7, 11) is 0. The summed E-state index contributed by atoms with van der Waals surface area (Å²) >= 11 is 0. The lowest BCUT2D eigenvalue weighted by atomic mass is 9.66. The van der Waals surface area contributed by atoms with Gasteiger partial charge in [0.15, 0.2) is 5.78 Å². The van der Waals surface area contributed by atoms with E-state index in [4.69, 9.17) is 9.84 Å². The summed E-state index contributed by atoms with van der Waals surface area (Å²) in [6.07, 6.45) is 0. The quantitative estimate of drug-likeness (QED) is 0.341. The number of hydrogen-bond acceptors (Lipinski definition) is 5. The van der Waals surface area contributed by atoms with Gasteiger partial charge in [0.2, 0.25) is 0 Å². The van der Waals surface area contributed by atoms with Crippen molar-refractivity contribution in [3.63, 3.8) is 0 Å². The van der Waals surface area contributed by atoms with Crippen LogP contribution >= 0.6 is 0 Å². The highest BCUT2D eigenvalue weighted by molar-refractivity contribution is 6.28. The number of aromatic nitrogens is 2. The molecule has 0 radical (unpaired) electrons. The summed E-state index contributed by atoms with van der Waals surface area (Å²) in [6.45, 7) is 0.0790. The summed E-state index contributed by atoms with van der Waals surface area (Å²) in [4.78, 5) is 28.1. The van der Waals surface area contributed by atoms with E-state index in [9.17, 15) is 9.59 Å². The van der Waals surface area contributed by atoms with Gasteiger partial charge in [-0.15, -0.1) is 0 Å². The Labute approximate surface area is 211 Å². The van der Waals surface area contributed by atoms with Crippen LogP contribution < -0.4 is 5.32 Å². The molecule has 1 atom stereocenters. The van der Waals surface area contributed by atoms with Crippen molar-refractivity contribution in [3.8, 4) is 16.9 Å². The fraction of sp³-hybridized carbons (Fsp3) is 0.0645. The van der Waals surface area contributed by atoms with Gasteiger partial charge < -0.3 is 10.1 Å². The third-order valence-corrected chi connectivity index (χ3v) is 7.70. The van der Waals surface area contributed by atoms with Crippen molar-refractivity contribution < 1.29 is 14.3 Å². The van der Waals surface area contributed by atoms with E-state index in [1.54, 1.807) is 0 Å². The van der Waals surface area contributed by atoms with E-state index in [0.29, 0.717) is 33.9 Å². The number of esters is 1. The van der Waals surface area contributed by atoms with Gasteiger partial charge in [-0.25, -0.2) is 9.48 Å². The average molecular weight is 482 g/mol. The molecule has 0 amide bonds. The van der Waals surface area contributed by atoms with Crippen LogP contribution in [0.3, 0.4) is 0 Å². The Bertz CT molecular complexity index is 1830. The van der Waals surface area contributed by atoms with Crippen LogP contribution in [0.5, 0.6) is 0 Å². The first-order valence-corrected chi connectivity index (χ1v) is 12.2. The van der Waals surface area contributed by atoms with Gasteiger partial charge in [0, 0.05) is 16.7 Å². The maximum absolute atomic E-state index is 14.7.